The van der Waals surface area contributed by atoms with E-state index in [-0.39, 0.29) is 12.1 Å². The minimum Gasteiger partial charge on any atom is -0.335 e. The molecule has 80 valence electrons. The first-order valence-electron chi connectivity index (χ1n) is 5.56. The zero-order chi connectivity index (χ0) is 9.97. The van der Waals surface area contributed by atoms with Crippen LogP contribution in [0.15, 0.2) is 0 Å². The van der Waals surface area contributed by atoms with Crippen molar-refractivity contribution in [1.29, 1.82) is 0 Å². The fourth-order valence-corrected chi connectivity index (χ4v) is 2.11. The Morgan fingerprint density at radius 1 is 1.07 bits per heavy atom. The van der Waals surface area contributed by atoms with Gasteiger partial charge in [-0.15, -0.1) is 0 Å². The van der Waals surface area contributed by atoms with Crippen molar-refractivity contribution in [1.82, 2.24) is 10.6 Å². The highest BCUT2D eigenvalue weighted by Gasteiger charge is 2.25. The van der Waals surface area contributed by atoms with Crippen molar-refractivity contribution in [2.75, 3.05) is 0 Å². The second kappa shape index (κ2) is 4.17. The Kier molecular flexibility index (Phi) is 2.91. The minimum absolute atomic E-state index is 0.00574. The van der Waals surface area contributed by atoms with Crippen molar-refractivity contribution in [2.24, 2.45) is 5.73 Å². The number of nitrogens with one attached hydrogen (secondary N) is 2. The van der Waals surface area contributed by atoms with Gasteiger partial charge in [0.25, 0.3) is 0 Å². The zero-order valence-corrected chi connectivity index (χ0v) is 8.46. The van der Waals surface area contributed by atoms with E-state index in [1.807, 2.05) is 0 Å². The summed E-state index contributed by atoms with van der Waals surface area (Å²) >= 11 is 0. The first-order chi connectivity index (χ1) is 6.74. The van der Waals surface area contributed by atoms with Crippen molar-refractivity contribution < 1.29 is 4.79 Å². The third-order valence-corrected chi connectivity index (χ3v) is 3.25. The zero-order valence-electron chi connectivity index (χ0n) is 8.46. The lowest BCUT2D eigenvalue weighted by Gasteiger charge is -2.27. The molecular weight excluding hydrogens is 178 g/mol. The maximum atomic E-state index is 11.4. The van der Waals surface area contributed by atoms with Gasteiger partial charge in [0.15, 0.2) is 0 Å². The van der Waals surface area contributed by atoms with E-state index in [4.69, 9.17) is 5.73 Å². The molecular formula is C10H19N3O. The lowest BCUT2D eigenvalue weighted by atomic mass is 9.93. The summed E-state index contributed by atoms with van der Waals surface area (Å²) in [4.78, 5) is 11.4. The lowest BCUT2D eigenvalue weighted by molar-refractivity contribution is 0.224. The number of carbonyl (C=O) groups excluding carboxylic acids is 1. The minimum atomic E-state index is -0.00574. The number of nitrogens with two attached hydrogens (primary N) is 1. The highest BCUT2D eigenvalue weighted by molar-refractivity contribution is 5.74. The highest BCUT2D eigenvalue weighted by Crippen LogP contribution is 2.19. The molecule has 0 aliphatic heterocycles. The van der Waals surface area contributed by atoms with E-state index in [1.165, 1.54) is 6.42 Å². The standard InChI is InChI=1S/C10H19N3O/c11-7-4-5-9(6-7)13-10(14)12-8-2-1-3-8/h7-9H,1-6,11H2,(H2,12,13,14). The van der Waals surface area contributed by atoms with Gasteiger partial charge >= 0.3 is 6.03 Å². The monoisotopic (exact) mass is 197 g/mol. The Morgan fingerprint density at radius 2 is 1.79 bits per heavy atom. The van der Waals surface area contributed by atoms with Gasteiger partial charge in [0.2, 0.25) is 0 Å². The van der Waals surface area contributed by atoms with Gasteiger partial charge in [-0.1, -0.05) is 0 Å². The largest absolute Gasteiger partial charge is 0.335 e. The van der Waals surface area contributed by atoms with Crippen molar-refractivity contribution >= 4 is 6.03 Å². The van der Waals surface area contributed by atoms with Gasteiger partial charge in [-0.05, 0) is 38.5 Å². The smallest absolute Gasteiger partial charge is 0.315 e. The van der Waals surface area contributed by atoms with Crippen molar-refractivity contribution in [3.63, 3.8) is 0 Å². The summed E-state index contributed by atoms with van der Waals surface area (Å²) < 4.78 is 0. The Labute approximate surface area is 84.6 Å². The molecule has 0 spiro atoms. The van der Waals surface area contributed by atoms with Gasteiger partial charge in [0, 0.05) is 18.1 Å². The molecule has 2 fully saturated rings. The van der Waals surface area contributed by atoms with Crippen molar-refractivity contribution in [2.45, 2.75) is 56.7 Å². The molecule has 0 bridgehead atoms. The number of amides is 2. The molecule has 14 heavy (non-hydrogen) atoms. The molecule has 0 saturated heterocycles. The van der Waals surface area contributed by atoms with Crippen LogP contribution in [-0.2, 0) is 0 Å². The summed E-state index contributed by atoms with van der Waals surface area (Å²) in [5, 5.41) is 5.95. The van der Waals surface area contributed by atoms with E-state index in [2.05, 4.69) is 10.6 Å². The molecule has 2 atom stereocenters. The van der Waals surface area contributed by atoms with Crippen LogP contribution in [0.4, 0.5) is 4.79 Å². The second-order valence-corrected chi connectivity index (χ2v) is 4.52. The topological polar surface area (TPSA) is 67.1 Å². The first-order valence-corrected chi connectivity index (χ1v) is 5.56. The molecule has 2 amide bonds. The van der Waals surface area contributed by atoms with Crippen LogP contribution in [0.25, 0.3) is 0 Å². The maximum absolute atomic E-state index is 11.4. The number of hydrogen-bond donors (Lipinski definition) is 3. The van der Waals surface area contributed by atoms with Crippen LogP contribution < -0.4 is 16.4 Å². The number of rotatable bonds is 2. The summed E-state index contributed by atoms with van der Waals surface area (Å²) in [5.74, 6) is 0. The Balaban J connectivity index is 1.66. The summed E-state index contributed by atoms with van der Waals surface area (Å²) in [5.41, 5.74) is 5.77. The molecule has 0 aromatic heterocycles. The SMILES string of the molecule is NC1CCC(NC(=O)NC2CCC2)C1. The van der Waals surface area contributed by atoms with Gasteiger partial charge in [-0.25, -0.2) is 4.79 Å². The molecule has 0 radical (unpaired) electrons. The van der Waals surface area contributed by atoms with Crippen LogP contribution in [0.5, 0.6) is 0 Å². The normalized spacial score (nSPS) is 32.4. The molecule has 4 heteroatoms. The van der Waals surface area contributed by atoms with Crippen molar-refractivity contribution in [3.8, 4) is 0 Å². The van der Waals surface area contributed by atoms with E-state index < -0.39 is 0 Å². The average Bonchev–Trinajstić information content (AvgIpc) is 2.44. The van der Waals surface area contributed by atoms with E-state index in [0.717, 1.165) is 32.1 Å². The predicted molar refractivity (Wildman–Crippen MR) is 54.9 cm³/mol. The molecule has 4 N–H and O–H groups in total. The van der Waals surface area contributed by atoms with Crippen LogP contribution in [0.3, 0.4) is 0 Å². The van der Waals surface area contributed by atoms with Crippen LogP contribution in [0.2, 0.25) is 0 Å². The van der Waals surface area contributed by atoms with E-state index in [1.54, 1.807) is 0 Å². The van der Waals surface area contributed by atoms with Crippen LogP contribution in [-0.4, -0.2) is 24.2 Å². The molecule has 4 nitrogen and oxygen atoms in total. The summed E-state index contributed by atoms with van der Waals surface area (Å²) in [6, 6.07) is 0.993. The molecule has 0 heterocycles. The van der Waals surface area contributed by atoms with E-state index in [9.17, 15) is 4.79 Å². The van der Waals surface area contributed by atoms with Crippen LogP contribution in [0.1, 0.15) is 38.5 Å². The molecule has 2 saturated carbocycles. The number of urea groups is 1. The molecule has 2 aliphatic carbocycles. The predicted octanol–water partition coefficient (Wildman–Crippen LogP) is 0.718. The van der Waals surface area contributed by atoms with Crippen LogP contribution >= 0.6 is 0 Å². The van der Waals surface area contributed by atoms with Crippen LogP contribution in [0, 0.1) is 0 Å². The van der Waals surface area contributed by atoms with Gasteiger partial charge in [-0.3, -0.25) is 0 Å². The molecule has 2 rings (SSSR count). The molecule has 2 unspecified atom stereocenters. The van der Waals surface area contributed by atoms with Crippen molar-refractivity contribution in [3.05, 3.63) is 0 Å². The summed E-state index contributed by atoms with van der Waals surface area (Å²) in [6.45, 7) is 0. The van der Waals surface area contributed by atoms with E-state index in [0.29, 0.717) is 12.1 Å². The third kappa shape index (κ3) is 2.38. The van der Waals surface area contributed by atoms with Gasteiger partial charge in [0.05, 0.1) is 0 Å². The third-order valence-electron chi connectivity index (χ3n) is 3.25. The summed E-state index contributed by atoms with van der Waals surface area (Å²) in [7, 11) is 0. The number of hydrogen-bond acceptors (Lipinski definition) is 2. The first kappa shape index (κ1) is 9.77. The summed E-state index contributed by atoms with van der Waals surface area (Å²) in [6.07, 6.45) is 6.51. The van der Waals surface area contributed by atoms with Gasteiger partial charge in [0.1, 0.15) is 0 Å². The van der Waals surface area contributed by atoms with E-state index >= 15 is 0 Å². The fourth-order valence-electron chi connectivity index (χ4n) is 2.11. The quantitative estimate of drug-likeness (QED) is 0.610. The highest BCUT2D eigenvalue weighted by atomic mass is 16.2. The van der Waals surface area contributed by atoms with Gasteiger partial charge in [-0.2, -0.15) is 0 Å². The number of carbonyl (C=O) groups is 1. The Bertz CT molecular complexity index is 215. The Hall–Kier alpha value is -0.770. The average molecular weight is 197 g/mol. The molecule has 0 aromatic rings. The maximum Gasteiger partial charge on any atom is 0.315 e. The Morgan fingerprint density at radius 3 is 2.29 bits per heavy atom. The fraction of sp³-hybridized carbons (Fsp3) is 0.900. The molecule has 0 aromatic carbocycles. The second-order valence-electron chi connectivity index (χ2n) is 4.52. The molecule has 2 aliphatic rings. The van der Waals surface area contributed by atoms with Gasteiger partial charge < -0.3 is 16.4 Å². The lowest BCUT2D eigenvalue weighted by Crippen LogP contribution is -2.48.